The smallest absolute Gasteiger partial charge is 0.362 e. The SMILES string of the molecule is CC/C=C/C=C/C=C/C=C/CCCCCC(=O)OC(COCCC(C(=O)O)[N+](C)(C)C)COC(=O)CCCCCCC/C=C/C=C/C=C/C=C/CCCCC. The summed E-state index contributed by atoms with van der Waals surface area (Å²) in [6.45, 7) is 4.45. The molecule has 0 aromatic carbocycles. The van der Waals surface area contributed by atoms with Crippen LogP contribution in [0.25, 0.3) is 0 Å². The minimum Gasteiger partial charge on any atom is -0.477 e. The molecule has 0 spiro atoms. The zero-order valence-corrected chi connectivity index (χ0v) is 35.1. The molecule has 0 saturated heterocycles. The van der Waals surface area contributed by atoms with Crippen molar-refractivity contribution in [2.45, 2.75) is 142 Å². The summed E-state index contributed by atoms with van der Waals surface area (Å²) in [5, 5.41) is 9.60. The summed E-state index contributed by atoms with van der Waals surface area (Å²) in [5.41, 5.74) is 0. The third-order valence-electron chi connectivity index (χ3n) is 8.66. The first kappa shape index (κ1) is 51.2. The molecular formula is C47H76NO7+. The van der Waals surface area contributed by atoms with E-state index < -0.39 is 18.1 Å². The molecule has 55 heavy (non-hydrogen) atoms. The lowest BCUT2D eigenvalue weighted by Crippen LogP contribution is -2.50. The number of rotatable bonds is 35. The van der Waals surface area contributed by atoms with Gasteiger partial charge in [0.15, 0.2) is 12.1 Å². The molecule has 2 unspecified atom stereocenters. The van der Waals surface area contributed by atoms with Crippen LogP contribution in [0.1, 0.15) is 129 Å². The van der Waals surface area contributed by atoms with E-state index in [4.69, 9.17) is 14.2 Å². The highest BCUT2D eigenvalue weighted by Gasteiger charge is 2.31. The fourth-order valence-electron chi connectivity index (χ4n) is 5.41. The summed E-state index contributed by atoms with van der Waals surface area (Å²) >= 11 is 0. The zero-order valence-electron chi connectivity index (χ0n) is 35.1. The molecule has 8 nitrogen and oxygen atoms in total. The van der Waals surface area contributed by atoms with Gasteiger partial charge in [-0.25, -0.2) is 4.79 Å². The third-order valence-corrected chi connectivity index (χ3v) is 8.66. The number of carboxylic acid groups (broad SMARTS) is 1. The van der Waals surface area contributed by atoms with Gasteiger partial charge in [0.05, 0.1) is 34.4 Å². The van der Waals surface area contributed by atoms with Crippen molar-refractivity contribution in [3.63, 3.8) is 0 Å². The molecule has 0 aliphatic rings. The molecule has 0 aliphatic heterocycles. The maximum absolute atomic E-state index is 12.7. The van der Waals surface area contributed by atoms with Crippen LogP contribution in [0.5, 0.6) is 0 Å². The second-order valence-electron chi connectivity index (χ2n) is 14.7. The Morgan fingerprint density at radius 2 is 1.02 bits per heavy atom. The number of carboxylic acids is 1. The minimum atomic E-state index is -0.891. The van der Waals surface area contributed by atoms with Gasteiger partial charge in [-0.05, 0) is 57.8 Å². The van der Waals surface area contributed by atoms with Crippen molar-refractivity contribution in [3.05, 3.63) is 97.2 Å². The largest absolute Gasteiger partial charge is 0.477 e. The summed E-state index contributed by atoms with van der Waals surface area (Å²) in [7, 11) is 5.48. The lowest BCUT2D eigenvalue weighted by Gasteiger charge is -2.31. The minimum absolute atomic E-state index is 0.0301. The summed E-state index contributed by atoms with van der Waals surface area (Å²) < 4.78 is 17.2. The maximum atomic E-state index is 12.7. The van der Waals surface area contributed by atoms with Crippen LogP contribution in [0.2, 0.25) is 0 Å². The van der Waals surface area contributed by atoms with E-state index >= 15 is 0 Å². The van der Waals surface area contributed by atoms with Gasteiger partial charge in [0, 0.05) is 19.3 Å². The highest BCUT2D eigenvalue weighted by atomic mass is 16.6. The average Bonchev–Trinajstić information content (AvgIpc) is 3.14. The van der Waals surface area contributed by atoms with Crippen LogP contribution in [0.3, 0.4) is 0 Å². The van der Waals surface area contributed by atoms with E-state index in [0.29, 0.717) is 19.3 Å². The molecule has 1 N–H and O–H groups in total. The number of carbonyl (C=O) groups excluding carboxylic acids is 2. The fourth-order valence-corrected chi connectivity index (χ4v) is 5.41. The summed E-state index contributed by atoms with van der Waals surface area (Å²) in [5.74, 6) is -1.57. The van der Waals surface area contributed by atoms with Gasteiger partial charge < -0.3 is 23.8 Å². The molecule has 0 bridgehead atoms. The Balaban J connectivity index is 4.50. The van der Waals surface area contributed by atoms with Gasteiger partial charge in [0.1, 0.15) is 6.61 Å². The summed E-state index contributed by atoms with van der Waals surface area (Å²) in [4.78, 5) is 36.9. The molecular weight excluding hydrogens is 691 g/mol. The fraction of sp³-hybridized carbons (Fsp3) is 0.596. The number of likely N-dealkylation sites (N-methyl/N-ethyl adjacent to an activating group) is 1. The standard InChI is InChI=1S/C47H75NO7/c1-6-8-10-12-14-16-18-20-21-22-23-24-26-27-29-31-33-35-37-45(49)54-42-43(41-53-40-39-44(47(51)52)48(3,4)5)55-46(50)38-36-34-32-30-28-25-19-17-15-13-11-9-7-2/h9,11,13-25,28,43-44H,6-8,10,12,26-27,29-42H2,1-5H3/p+1/b11-9+,15-13+,16-14+,19-17+,20-18+,22-21+,24-23+,28-25+. The van der Waals surface area contributed by atoms with Gasteiger partial charge in [0.2, 0.25) is 0 Å². The summed E-state index contributed by atoms with van der Waals surface area (Å²) in [6.07, 6.45) is 48.8. The second-order valence-corrected chi connectivity index (χ2v) is 14.7. The molecule has 0 amide bonds. The van der Waals surface area contributed by atoms with Crippen LogP contribution >= 0.6 is 0 Å². The van der Waals surface area contributed by atoms with Crippen LogP contribution in [-0.4, -0.2) is 80.6 Å². The number of allylic oxidation sites excluding steroid dienone is 16. The quantitative estimate of drug-likeness (QED) is 0.0297. The van der Waals surface area contributed by atoms with E-state index in [1.807, 2.05) is 63.7 Å². The van der Waals surface area contributed by atoms with Crippen LogP contribution < -0.4 is 0 Å². The first-order valence-electron chi connectivity index (χ1n) is 20.9. The number of esters is 2. The molecule has 0 aromatic heterocycles. The molecule has 310 valence electrons. The van der Waals surface area contributed by atoms with Gasteiger partial charge in [-0.3, -0.25) is 9.59 Å². The highest BCUT2D eigenvalue weighted by Crippen LogP contribution is 2.12. The predicted molar refractivity (Wildman–Crippen MR) is 229 cm³/mol. The molecule has 0 rings (SSSR count). The van der Waals surface area contributed by atoms with Gasteiger partial charge in [-0.1, -0.05) is 150 Å². The average molecular weight is 767 g/mol. The number of aliphatic carboxylic acids is 1. The van der Waals surface area contributed by atoms with Crippen molar-refractivity contribution in [2.75, 3.05) is 41.0 Å². The van der Waals surface area contributed by atoms with E-state index in [1.165, 1.54) is 19.3 Å². The van der Waals surface area contributed by atoms with Crippen LogP contribution in [0.15, 0.2) is 97.2 Å². The number of hydrogen-bond donors (Lipinski definition) is 1. The van der Waals surface area contributed by atoms with Gasteiger partial charge in [-0.2, -0.15) is 0 Å². The van der Waals surface area contributed by atoms with Gasteiger partial charge in [-0.15, -0.1) is 0 Å². The third kappa shape index (κ3) is 35.7. The van der Waals surface area contributed by atoms with Crippen LogP contribution in [0.4, 0.5) is 0 Å². The number of hydrogen-bond acceptors (Lipinski definition) is 6. The Kier molecular flexibility index (Phi) is 34.7. The van der Waals surface area contributed by atoms with Crippen molar-refractivity contribution in [1.82, 2.24) is 0 Å². The number of nitrogens with zero attached hydrogens (tertiary/aromatic N) is 1. The number of quaternary nitrogens is 1. The Morgan fingerprint density at radius 1 is 0.564 bits per heavy atom. The predicted octanol–water partition coefficient (Wildman–Crippen LogP) is 11.1. The van der Waals surface area contributed by atoms with Gasteiger partial charge in [0.25, 0.3) is 0 Å². The topological polar surface area (TPSA) is 99.1 Å². The Bertz CT molecular complexity index is 1220. The lowest BCUT2D eigenvalue weighted by molar-refractivity contribution is -0.887. The second kappa shape index (κ2) is 37.2. The van der Waals surface area contributed by atoms with E-state index in [2.05, 4.69) is 68.5 Å². The van der Waals surface area contributed by atoms with E-state index in [1.54, 1.807) is 0 Å². The van der Waals surface area contributed by atoms with Gasteiger partial charge >= 0.3 is 17.9 Å². The maximum Gasteiger partial charge on any atom is 0.362 e. The van der Waals surface area contributed by atoms with Crippen molar-refractivity contribution in [1.29, 1.82) is 0 Å². The van der Waals surface area contributed by atoms with E-state index in [0.717, 1.165) is 70.6 Å². The number of carbonyl (C=O) groups is 3. The van der Waals surface area contributed by atoms with E-state index in [9.17, 15) is 19.5 Å². The molecule has 0 saturated carbocycles. The van der Waals surface area contributed by atoms with Crippen LogP contribution in [-0.2, 0) is 28.6 Å². The molecule has 0 radical (unpaired) electrons. The molecule has 8 heteroatoms. The normalized spacial score (nSPS) is 14.0. The highest BCUT2D eigenvalue weighted by molar-refractivity contribution is 5.72. The molecule has 0 aromatic rings. The monoisotopic (exact) mass is 767 g/mol. The number of ether oxygens (including phenoxy) is 3. The Morgan fingerprint density at radius 3 is 1.53 bits per heavy atom. The van der Waals surface area contributed by atoms with Crippen molar-refractivity contribution >= 4 is 17.9 Å². The van der Waals surface area contributed by atoms with Crippen molar-refractivity contribution < 1.29 is 38.2 Å². The number of unbranched alkanes of at least 4 members (excludes halogenated alkanes) is 11. The lowest BCUT2D eigenvalue weighted by atomic mass is 10.1. The molecule has 2 atom stereocenters. The van der Waals surface area contributed by atoms with Crippen LogP contribution in [0, 0.1) is 0 Å². The van der Waals surface area contributed by atoms with Crippen molar-refractivity contribution in [2.24, 2.45) is 0 Å². The zero-order chi connectivity index (χ0) is 40.7. The summed E-state index contributed by atoms with van der Waals surface area (Å²) in [6, 6.07) is -0.631. The van der Waals surface area contributed by atoms with E-state index in [-0.39, 0.29) is 42.7 Å². The Hall–Kier alpha value is -3.75. The molecule has 0 fully saturated rings. The molecule has 0 aliphatic carbocycles. The first-order valence-corrected chi connectivity index (χ1v) is 20.9. The Labute approximate surface area is 335 Å². The molecule has 0 heterocycles. The van der Waals surface area contributed by atoms with Crippen molar-refractivity contribution in [3.8, 4) is 0 Å². The first-order chi connectivity index (χ1) is 26.6.